The zero-order valence-electron chi connectivity index (χ0n) is 7.78. The van der Waals surface area contributed by atoms with E-state index in [-0.39, 0.29) is 0 Å². The van der Waals surface area contributed by atoms with Gasteiger partial charge < -0.3 is 0 Å². The van der Waals surface area contributed by atoms with Gasteiger partial charge >= 0.3 is 106 Å². The summed E-state index contributed by atoms with van der Waals surface area (Å²) < 4.78 is 2.95. The van der Waals surface area contributed by atoms with Gasteiger partial charge in [0.05, 0.1) is 0 Å². The summed E-state index contributed by atoms with van der Waals surface area (Å²) in [4.78, 5) is 0. The second-order valence-corrected chi connectivity index (χ2v) is 27.5. The molecule has 0 nitrogen and oxygen atoms in total. The van der Waals surface area contributed by atoms with Crippen molar-refractivity contribution >= 4 is 46.5 Å². The third kappa shape index (κ3) is 1.45. The van der Waals surface area contributed by atoms with E-state index in [9.17, 15) is 0 Å². The molecule has 2 aromatic carbocycles. The Bertz CT molecular complexity index is 487. The van der Waals surface area contributed by atoms with E-state index in [1.807, 2.05) is 0 Å². The Kier molecular flexibility index (Phi) is 2.48. The van der Waals surface area contributed by atoms with Gasteiger partial charge in [-0.3, -0.25) is 0 Å². The minimum atomic E-state index is -2.32. The molecule has 0 unspecified atom stereocenters. The fraction of sp³-hybridized carbons (Fsp3) is 0. The van der Waals surface area contributed by atoms with Crippen molar-refractivity contribution in [2.75, 3.05) is 0 Å². The normalized spacial score (nSPS) is 18.0. The van der Waals surface area contributed by atoms with Gasteiger partial charge in [0.2, 0.25) is 0 Å². The number of benzene rings is 2. The summed E-state index contributed by atoms with van der Waals surface area (Å²) in [5.41, 5.74) is 2.78. The monoisotopic (exact) mass is 440 g/mol. The summed E-state index contributed by atoms with van der Waals surface area (Å²) in [7, 11) is 0. The summed E-state index contributed by atoms with van der Waals surface area (Å²) in [6.45, 7) is 0. The van der Waals surface area contributed by atoms with Crippen LogP contribution in [-0.4, -0.2) is 13.8 Å². The zero-order valence-corrected chi connectivity index (χ0v) is 13.3. The van der Waals surface area contributed by atoms with Gasteiger partial charge in [-0.25, -0.2) is 0 Å². The predicted molar refractivity (Wildman–Crippen MR) is 74.8 cm³/mol. The van der Waals surface area contributed by atoms with E-state index in [4.69, 9.17) is 0 Å². The first-order valence-corrected chi connectivity index (χ1v) is 17.4. The number of fused-ring (bicyclic) bond motifs is 3. The molecule has 0 radical (unpaired) electrons. The first-order valence-electron chi connectivity index (χ1n) is 4.62. The molecule has 0 bridgehead atoms. The van der Waals surface area contributed by atoms with Gasteiger partial charge in [0, 0.05) is 0 Å². The topological polar surface area (TPSA) is 0 Å². The van der Waals surface area contributed by atoms with Gasteiger partial charge in [0.15, 0.2) is 0 Å². The Morgan fingerprint density at radius 3 is 1.53 bits per heavy atom. The molecule has 0 fully saturated rings. The molecule has 0 saturated heterocycles. The van der Waals surface area contributed by atoms with Crippen molar-refractivity contribution in [1.82, 2.24) is 0 Å². The molecular formula is C12H8Br2Te. The van der Waals surface area contributed by atoms with Crippen molar-refractivity contribution in [1.29, 1.82) is 0 Å². The second-order valence-electron chi connectivity index (χ2n) is 3.46. The van der Waals surface area contributed by atoms with Gasteiger partial charge in [-0.05, 0) is 0 Å². The molecule has 1 heterocycles. The molecule has 0 atom stereocenters. The SMILES string of the molecule is Br[Te]1(Br)c2ccccc2-c2ccccc21. The van der Waals surface area contributed by atoms with Crippen LogP contribution >= 0.6 is 25.5 Å². The Labute approximate surface area is 105 Å². The summed E-state index contributed by atoms with van der Waals surface area (Å²) in [5.74, 6) is 0. The molecule has 76 valence electrons. The molecule has 15 heavy (non-hydrogen) atoms. The third-order valence-electron chi connectivity index (χ3n) is 2.62. The molecule has 0 amide bonds. The average molecular weight is 440 g/mol. The van der Waals surface area contributed by atoms with Crippen LogP contribution in [0.15, 0.2) is 48.5 Å². The molecule has 0 spiro atoms. The van der Waals surface area contributed by atoms with Gasteiger partial charge in [-0.2, -0.15) is 0 Å². The Balaban J connectivity index is 2.42. The quantitative estimate of drug-likeness (QED) is 0.554. The van der Waals surface area contributed by atoms with Gasteiger partial charge in [-0.1, -0.05) is 0 Å². The van der Waals surface area contributed by atoms with Crippen LogP contribution in [0.25, 0.3) is 11.1 Å². The van der Waals surface area contributed by atoms with Crippen LogP contribution in [-0.2, 0) is 0 Å². The molecule has 0 saturated carbocycles. The maximum atomic E-state index is 3.95. The van der Waals surface area contributed by atoms with Crippen LogP contribution in [0.1, 0.15) is 0 Å². The zero-order chi connectivity index (χ0) is 10.5. The van der Waals surface area contributed by atoms with E-state index in [0.717, 1.165) is 0 Å². The number of halogens is 2. The number of rotatable bonds is 0. The Morgan fingerprint density at radius 2 is 1.07 bits per heavy atom. The van der Waals surface area contributed by atoms with E-state index >= 15 is 0 Å². The van der Waals surface area contributed by atoms with Crippen LogP contribution in [0.2, 0.25) is 0 Å². The first kappa shape index (κ1) is 10.4. The molecule has 1 aliphatic heterocycles. The van der Waals surface area contributed by atoms with E-state index in [2.05, 4.69) is 74.0 Å². The molecule has 0 aromatic heterocycles. The molecule has 3 heteroatoms. The van der Waals surface area contributed by atoms with E-state index in [1.165, 1.54) is 18.3 Å². The first-order chi connectivity index (χ1) is 7.21. The maximum absolute atomic E-state index is 3.95. The van der Waals surface area contributed by atoms with E-state index < -0.39 is 13.8 Å². The van der Waals surface area contributed by atoms with E-state index in [0.29, 0.717) is 0 Å². The molecule has 0 N–H and O–H groups in total. The van der Waals surface area contributed by atoms with Crippen LogP contribution < -0.4 is 7.22 Å². The van der Waals surface area contributed by atoms with Crippen molar-refractivity contribution in [3.05, 3.63) is 48.5 Å². The van der Waals surface area contributed by atoms with Gasteiger partial charge in [-0.15, -0.1) is 0 Å². The Morgan fingerprint density at radius 1 is 0.667 bits per heavy atom. The molecule has 0 aliphatic carbocycles. The van der Waals surface area contributed by atoms with Crippen LogP contribution in [0.3, 0.4) is 0 Å². The van der Waals surface area contributed by atoms with Crippen molar-refractivity contribution < 1.29 is 0 Å². The standard InChI is InChI=1S/C12H8Br2Te/c13-15(14)11-7-3-1-5-9(11)10-6-2-4-8-12(10)15/h1-8H. The summed E-state index contributed by atoms with van der Waals surface area (Å²) in [6.07, 6.45) is 0. The molecular weight excluding hydrogens is 432 g/mol. The van der Waals surface area contributed by atoms with E-state index in [1.54, 1.807) is 0 Å². The number of hydrogen-bond acceptors (Lipinski definition) is 0. The van der Waals surface area contributed by atoms with Gasteiger partial charge in [0.25, 0.3) is 0 Å². The fourth-order valence-electron chi connectivity index (χ4n) is 1.94. The second kappa shape index (κ2) is 3.60. The fourth-order valence-corrected chi connectivity index (χ4v) is 14.2. The summed E-state index contributed by atoms with van der Waals surface area (Å²) >= 11 is 5.57. The Hall–Kier alpha value is 0.190. The van der Waals surface area contributed by atoms with Crippen molar-refractivity contribution in [2.24, 2.45) is 0 Å². The van der Waals surface area contributed by atoms with Crippen LogP contribution in [0.5, 0.6) is 0 Å². The predicted octanol–water partition coefficient (Wildman–Crippen LogP) is 3.01. The molecule has 3 rings (SSSR count). The summed E-state index contributed by atoms with van der Waals surface area (Å²) in [6, 6.07) is 17.4. The van der Waals surface area contributed by atoms with Crippen molar-refractivity contribution in [2.45, 2.75) is 0 Å². The minimum absolute atomic E-state index is 1.39. The molecule has 2 aromatic rings. The van der Waals surface area contributed by atoms with Gasteiger partial charge in [0.1, 0.15) is 0 Å². The average Bonchev–Trinajstić information content (AvgIpc) is 2.51. The van der Waals surface area contributed by atoms with Crippen molar-refractivity contribution in [3.8, 4) is 11.1 Å². The third-order valence-corrected chi connectivity index (χ3v) is 17.2. The molecule has 1 aliphatic rings. The summed E-state index contributed by atoms with van der Waals surface area (Å²) in [5, 5.41) is 0. The van der Waals surface area contributed by atoms with Crippen LogP contribution in [0, 0.1) is 0 Å². The van der Waals surface area contributed by atoms with Crippen LogP contribution in [0.4, 0.5) is 0 Å². The number of hydrogen-bond donors (Lipinski definition) is 0. The van der Waals surface area contributed by atoms with Crippen molar-refractivity contribution in [3.63, 3.8) is 0 Å².